The van der Waals surface area contributed by atoms with E-state index in [1.54, 1.807) is 11.5 Å². The zero-order valence-corrected chi connectivity index (χ0v) is 11.5. The summed E-state index contributed by atoms with van der Waals surface area (Å²) in [5.74, 6) is -2.47. The number of aliphatic carboxylic acids is 1. The number of aryl methyl sites for hydroxylation is 2. The minimum Gasteiger partial charge on any atom is -0.481 e. The monoisotopic (exact) mass is 298 g/mol. The van der Waals surface area contributed by atoms with Crippen LogP contribution < -0.4 is 0 Å². The van der Waals surface area contributed by atoms with Crippen molar-refractivity contribution in [1.29, 1.82) is 0 Å². The molecule has 0 spiro atoms. The van der Waals surface area contributed by atoms with Gasteiger partial charge in [-0.25, -0.2) is 13.8 Å². The lowest BCUT2D eigenvalue weighted by molar-refractivity contribution is -0.137. The number of carboxylic acids is 1. The Morgan fingerprint density at radius 3 is 2.67 bits per heavy atom. The summed E-state index contributed by atoms with van der Waals surface area (Å²) in [5.41, 5.74) is 0.635. The van der Waals surface area contributed by atoms with Gasteiger partial charge in [-0.15, -0.1) is 0 Å². The van der Waals surface area contributed by atoms with Crippen molar-refractivity contribution in [2.45, 2.75) is 38.8 Å². The normalized spacial score (nSPS) is 12.8. The number of rotatable bonds is 6. The van der Waals surface area contributed by atoms with Crippen LogP contribution in [0.4, 0.5) is 8.78 Å². The van der Waals surface area contributed by atoms with E-state index in [1.165, 1.54) is 0 Å². The molecule has 2 aromatic rings. The lowest BCUT2D eigenvalue weighted by atomic mass is 10.2. The van der Waals surface area contributed by atoms with Crippen LogP contribution >= 0.6 is 0 Å². The number of benzene rings is 1. The zero-order valence-electron chi connectivity index (χ0n) is 11.5. The van der Waals surface area contributed by atoms with Crippen LogP contribution in [-0.4, -0.2) is 31.8 Å². The van der Waals surface area contributed by atoms with Gasteiger partial charge in [-0.1, -0.05) is 0 Å². The Kier molecular flexibility index (Phi) is 4.52. The summed E-state index contributed by atoms with van der Waals surface area (Å²) in [6, 6.07) is 2.01. The molecule has 1 atom stereocenters. The molecular weight excluding hydrogens is 282 g/mol. The quantitative estimate of drug-likeness (QED) is 0.856. The van der Waals surface area contributed by atoms with E-state index in [2.05, 4.69) is 4.98 Å². The van der Waals surface area contributed by atoms with E-state index in [0.29, 0.717) is 24.2 Å². The lowest BCUT2D eigenvalue weighted by Gasteiger charge is -2.09. The number of carboxylic acid groups (broad SMARTS) is 1. The molecule has 0 saturated heterocycles. The molecule has 7 heteroatoms. The van der Waals surface area contributed by atoms with Gasteiger partial charge in [0.05, 0.1) is 23.6 Å². The average molecular weight is 298 g/mol. The molecule has 0 bridgehead atoms. The molecule has 1 aromatic heterocycles. The van der Waals surface area contributed by atoms with Gasteiger partial charge >= 0.3 is 5.97 Å². The fourth-order valence-electron chi connectivity index (χ4n) is 2.16. The third-order valence-electron chi connectivity index (χ3n) is 3.20. The van der Waals surface area contributed by atoms with Crippen LogP contribution in [0.1, 0.15) is 25.6 Å². The maximum atomic E-state index is 13.4. The number of aliphatic hydroxyl groups is 1. The highest BCUT2D eigenvalue weighted by Gasteiger charge is 2.15. The number of hydrogen-bond acceptors (Lipinski definition) is 3. The maximum absolute atomic E-state index is 13.4. The predicted octanol–water partition coefficient (Wildman–Crippen LogP) is 2.10. The number of fused-ring (bicyclic) bond motifs is 1. The average Bonchev–Trinajstić information content (AvgIpc) is 2.71. The minimum absolute atomic E-state index is 0.117. The highest BCUT2D eigenvalue weighted by molar-refractivity contribution is 5.76. The first-order chi connectivity index (χ1) is 9.88. The highest BCUT2D eigenvalue weighted by atomic mass is 19.2. The minimum atomic E-state index is -0.999. The Morgan fingerprint density at radius 1 is 1.38 bits per heavy atom. The van der Waals surface area contributed by atoms with Gasteiger partial charge in [-0.05, 0) is 13.3 Å². The number of aromatic nitrogens is 2. The first-order valence-corrected chi connectivity index (χ1v) is 6.62. The summed E-state index contributed by atoms with van der Waals surface area (Å²) in [7, 11) is 0. The number of imidazole rings is 1. The van der Waals surface area contributed by atoms with Crippen molar-refractivity contribution in [2.24, 2.45) is 0 Å². The number of nitrogens with zero attached hydrogens (tertiary/aromatic N) is 2. The molecule has 0 fully saturated rings. The third-order valence-corrected chi connectivity index (χ3v) is 3.20. The zero-order chi connectivity index (χ0) is 15.6. The summed E-state index contributed by atoms with van der Waals surface area (Å²) in [6.07, 6.45) is 0.147. The number of halogens is 2. The van der Waals surface area contributed by atoms with Gasteiger partial charge < -0.3 is 14.8 Å². The molecule has 0 aliphatic heterocycles. The lowest BCUT2D eigenvalue weighted by Crippen LogP contribution is -2.10. The third kappa shape index (κ3) is 3.55. The molecule has 0 radical (unpaired) electrons. The first-order valence-electron chi connectivity index (χ1n) is 6.62. The topological polar surface area (TPSA) is 75.4 Å². The van der Waals surface area contributed by atoms with Crippen molar-refractivity contribution in [2.75, 3.05) is 0 Å². The number of aliphatic hydroxyl groups excluding tert-OH is 1. The highest BCUT2D eigenvalue weighted by Crippen LogP contribution is 2.21. The molecule has 114 valence electrons. The summed E-state index contributed by atoms with van der Waals surface area (Å²) < 4.78 is 28.2. The fraction of sp³-hybridized carbons (Fsp3) is 0.429. The molecule has 1 aromatic carbocycles. The molecule has 0 saturated carbocycles. The van der Waals surface area contributed by atoms with E-state index in [9.17, 15) is 18.7 Å². The summed E-state index contributed by atoms with van der Waals surface area (Å²) in [4.78, 5) is 14.9. The van der Waals surface area contributed by atoms with E-state index in [-0.39, 0.29) is 18.5 Å². The molecule has 21 heavy (non-hydrogen) atoms. The molecule has 0 aliphatic carbocycles. The Bertz CT molecular complexity index is 668. The Balaban J connectivity index is 2.43. The van der Waals surface area contributed by atoms with Crippen LogP contribution in [0.2, 0.25) is 0 Å². The summed E-state index contributed by atoms with van der Waals surface area (Å²) in [6.45, 7) is 1.75. The van der Waals surface area contributed by atoms with Crippen molar-refractivity contribution >= 4 is 17.0 Å². The van der Waals surface area contributed by atoms with Gasteiger partial charge in [0.15, 0.2) is 11.6 Å². The second-order valence-corrected chi connectivity index (χ2v) is 4.97. The van der Waals surface area contributed by atoms with Crippen molar-refractivity contribution in [3.8, 4) is 0 Å². The fourth-order valence-corrected chi connectivity index (χ4v) is 2.16. The number of hydrogen-bond donors (Lipinski definition) is 2. The van der Waals surface area contributed by atoms with E-state index < -0.39 is 23.7 Å². The smallest absolute Gasteiger partial charge is 0.305 e. The van der Waals surface area contributed by atoms with E-state index in [4.69, 9.17) is 5.11 Å². The largest absolute Gasteiger partial charge is 0.481 e. The molecule has 1 heterocycles. The van der Waals surface area contributed by atoms with E-state index >= 15 is 0 Å². The van der Waals surface area contributed by atoms with Crippen LogP contribution in [0.25, 0.3) is 11.0 Å². The predicted molar refractivity (Wildman–Crippen MR) is 71.9 cm³/mol. The first kappa shape index (κ1) is 15.4. The van der Waals surface area contributed by atoms with E-state index in [1.807, 2.05) is 0 Å². The Hall–Kier alpha value is -2.02. The van der Waals surface area contributed by atoms with Crippen LogP contribution in [-0.2, 0) is 17.8 Å². The number of carbonyl (C=O) groups is 1. The van der Waals surface area contributed by atoms with Gasteiger partial charge in [-0.2, -0.15) is 0 Å². The Morgan fingerprint density at radius 2 is 2.05 bits per heavy atom. The van der Waals surface area contributed by atoms with Crippen molar-refractivity contribution in [1.82, 2.24) is 9.55 Å². The molecule has 2 rings (SSSR count). The molecule has 5 nitrogen and oxygen atoms in total. The van der Waals surface area contributed by atoms with Gasteiger partial charge in [0.25, 0.3) is 0 Å². The van der Waals surface area contributed by atoms with Gasteiger partial charge in [-0.3, -0.25) is 4.79 Å². The standard InChI is InChI=1S/C14H16F2N2O3/c1-8(19)2-3-13-17-11-6-9(15)10(16)7-12(11)18(13)5-4-14(20)21/h6-8,19H,2-5H2,1H3,(H,20,21). The van der Waals surface area contributed by atoms with Crippen molar-refractivity contribution in [3.05, 3.63) is 29.6 Å². The van der Waals surface area contributed by atoms with Crippen molar-refractivity contribution < 1.29 is 23.8 Å². The van der Waals surface area contributed by atoms with Crippen LogP contribution in [0.15, 0.2) is 12.1 Å². The Labute approximate surface area is 119 Å². The van der Waals surface area contributed by atoms with Crippen molar-refractivity contribution in [3.63, 3.8) is 0 Å². The molecule has 1 unspecified atom stereocenters. The maximum Gasteiger partial charge on any atom is 0.305 e. The SMILES string of the molecule is CC(O)CCc1nc2cc(F)c(F)cc2n1CCC(=O)O. The van der Waals surface area contributed by atoms with Gasteiger partial charge in [0.2, 0.25) is 0 Å². The van der Waals surface area contributed by atoms with Crippen LogP contribution in [0.3, 0.4) is 0 Å². The van der Waals surface area contributed by atoms with Crippen LogP contribution in [0.5, 0.6) is 0 Å². The molecule has 2 N–H and O–H groups in total. The molecular formula is C14H16F2N2O3. The molecule has 0 aliphatic rings. The van der Waals surface area contributed by atoms with E-state index in [0.717, 1.165) is 12.1 Å². The summed E-state index contributed by atoms with van der Waals surface area (Å²) in [5, 5.41) is 18.1. The molecule has 0 amide bonds. The second-order valence-electron chi connectivity index (χ2n) is 4.97. The van der Waals surface area contributed by atoms with Gasteiger partial charge in [0, 0.05) is 25.1 Å². The second kappa shape index (κ2) is 6.17. The van der Waals surface area contributed by atoms with Gasteiger partial charge in [0.1, 0.15) is 5.82 Å². The summed E-state index contributed by atoms with van der Waals surface area (Å²) >= 11 is 0. The van der Waals surface area contributed by atoms with Crippen LogP contribution in [0, 0.1) is 11.6 Å².